The molecule has 1 N–H and O–H groups in total. The minimum absolute atomic E-state index is 0.00344. The molecule has 8 nitrogen and oxygen atoms in total. The Kier molecular flexibility index (Phi) is 6.72. The first-order valence-corrected chi connectivity index (χ1v) is 12.5. The predicted octanol–water partition coefficient (Wildman–Crippen LogP) is 4.94. The summed E-state index contributed by atoms with van der Waals surface area (Å²) in [5, 5.41) is 11.4. The van der Waals surface area contributed by atoms with Crippen molar-refractivity contribution < 1.29 is 28.9 Å². The summed E-state index contributed by atoms with van der Waals surface area (Å²) in [6, 6.07) is 18.7. The molecule has 38 heavy (non-hydrogen) atoms. The Morgan fingerprint density at radius 1 is 0.947 bits per heavy atom. The van der Waals surface area contributed by atoms with Crippen molar-refractivity contribution in [3.05, 3.63) is 83.4 Å². The molecule has 0 bridgehead atoms. The number of anilines is 2. The minimum atomic E-state index is -0.837. The molecular formula is C30H30N2O6. The number of hydrogen-bond acceptors (Lipinski definition) is 7. The molecule has 2 heterocycles. The van der Waals surface area contributed by atoms with Crippen molar-refractivity contribution in [2.45, 2.75) is 26.0 Å². The summed E-state index contributed by atoms with van der Waals surface area (Å²) in [5.74, 6) is -0.0624. The zero-order chi connectivity index (χ0) is 27.0. The summed E-state index contributed by atoms with van der Waals surface area (Å²) in [6.45, 7) is 4.69. The van der Waals surface area contributed by atoms with Gasteiger partial charge in [0.25, 0.3) is 11.7 Å². The first-order valence-electron chi connectivity index (χ1n) is 12.5. The van der Waals surface area contributed by atoms with Crippen molar-refractivity contribution in [3.63, 3.8) is 0 Å². The van der Waals surface area contributed by atoms with Crippen molar-refractivity contribution in [2.24, 2.45) is 0 Å². The maximum atomic E-state index is 13.5. The van der Waals surface area contributed by atoms with Crippen LogP contribution in [0.3, 0.4) is 0 Å². The van der Waals surface area contributed by atoms with Crippen molar-refractivity contribution in [1.82, 2.24) is 0 Å². The quantitative estimate of drug-likeness (QED) is 0.283. The van der Waals surface area contributed by atoms with Crippen LogP contribution in [0.4, 0.5) is 11.4 Å². The topological polar surface area (TPSA) is 88.5 Å². The number of rotatable bonds is 6. The van der Waals surface area contributed by atoms with Gasteiger partial charge in [-0.25, -0.2) is 0 Å². The Labute approximate surface area is 221 Å². The van der Waals surface area contributed by atoms with Gasteiger partial charge in [0.15, 0.2) is 11.5 Å². The van der Waals surface area contributed by atoms with E-state index in [1.54, 1.807) is 42.5 Å². The fourth-order valence-electron chi connectivity index (χ4n) is 4.67. The molecule has 0 saturated carbocycles. The van der Waals surface area contributed by atoms with Gasteiger partial charge in [0, 0.05) is 31.0 Å². The summed E-state index contributed by atoms with van der Waals surface area (Å²) in [7, 11) is 3.87. The number of fused-ring (bicyclic) bond motifs is 1. The Hall–Kier alpha value is -4.46. The largest absolute Gasteiger partial charge is 0.507 e. The van der Waals surface area contributed by atoms with Gasteiger partial charge in [-0.3, -0.25) is 14.5 Å². The highest BCUT2D eigenvalue weighted by molar-refractivity contribution is 6.51. The van der Waals surface area contributed by atoms with Crippen LogP contribution in [0.5, 0.6) is 17.2 Å². The molecule has 3 aromatic carbocycles. The van der Waals surface area contributed by atoms with Gasteiger partial charge in [-0.05, 0) is 74.0 Å². The van der Waals surface area contributed by atoms with E-state index in [4.69, 9.17) is 14.2 Å². The second kappa shape index (κ2) is 10.1. The molecule has 8 heteroatoms. The highest BCUT2D eigenvalue weighted by Gasteiger charge is 2.47. The summed E-state index contributed by atoms with van der Waals surface area (Å²) < 4.78 is 17.0. The molecule has 0 radical (unpaired) electrons. The summed E-state index contributed by atoms with van der Waals surface area (Å²) in [5.41, 5.74) is 2.55. The van der Waals surface area contributed by atoms with Crippen molar-refractivity contribution >= 4 is 28.8 Å². The number of aliphatic hydroxyl groups is 1. The monoisotopic (exact) mass is 514 g/mol. The molecule has 1 unspecified atom stereocenters. The van der Waals surface area contributed by atoms with Gasteiger partial charge < -0.3 is 24.2 Å². The lowest BCUT2D eigenvalue weighted by Gasteiger charge is -2.26. The van der Waals surface area contributed by atoms with Gasteiger partial charge >= 0.3 is 0 Å². The van der Waals surface area contributed by atoms with Gasteiger partial charge in [0.1, 0.15) is 24.7 Å². The standard InChI is InChI=1S/C30H30N2O6/c1-18(2)38-23-12-10-22(11-13-23)32-27(19-5-8-21(9-6-19)31(3)4)26(29(34)30(32)35)28(33)20-7-14-24-25(17-20)37-16-15-36-24/h5-14,17-18,27,33H,15-16H2,1-4H3/b28-26-. The molecule has 1 fully saturated rings. The number of benzene rings is 3. The lowest BCUT2D eigenvalue weighted by Crippen LogP contribution is -2.29. The van der Waals surface area contributed by atoms with E-state index >= 15 is 0 Å². The number of ether oxygens (including phenoxy) is 3. The van der Waals surface area contributed by atoms with E-state index in [2.05, 4.69) is 0 Å². The van der Waals surface area contributed by atoms with E-state index in [-0.39, 0.29) is 17.4 Å². The van der Waals surface area contributed by atoms with Crippen LogP contribution in [0.2, 0.25) is 0 Å². The smallest absolute Gasteiger partial charge is 0.300 e. The van der Waals surface area contributed by atoms with E-state index < -0.39 is 17.7 Å². The van der Waals surface area contributed by atoms with Gasteiger partial charge in [-0.15, -0.1) is 0 Å². The fourth-order valence-corrected chi connectivity index (χ4v) is 4.67. The van der Waals surface area contributed by atoms with Crippen LogP contribution in [-0.2, 0) is 9.59 Å². The number of amides is 1. The Morgan fingerprint density at radius 3 is 2.24 bits per heavy atom. The van der Waals surface area contributed by atoms with Gasteiger partial charge in [0.05, 0.1) is 17.7 Å². The van der Waals surface area contributed by atoms with Crippen LogP contribution in [0, 0.1) is 0 Å². The zero-order valence-corrected chi connectivity index (χ0v) is 21.8. The molecule has 0 aliphatic carbocycles. The molecule has 0 spiro atoms. The molecule has 1 amide bonds. The molecule has 1 saturated heterocycles. The molecular weight excluding hydrogens is 484 g/mol. The van der Waals surface area contributed by atoms with Crippen LogP contribution < -0.4 is 24.0 Å². The van der Waals surface area contributed by atoms with E-state index in [1.807, 2.05) is 57.1 Å². The highest BCUT2D eigenvalue weighted by Crippen LogP contribution is 2.43. The van der Waals surface area contributed by atoms with Crippen molar-refractivity contribution in [2.75, 3.05) is 37.1 Å². The first kappa shape index (κ1) is 25.2. The number of hydrogen-bond donors (Lipinski definition) is 1. The average Bonchev–Trinajstić information content (AvgIpc) is 3.18. The molecule has 2 aliphatic rings. The number of Topliss-reactive ketones (excluding diaryl/α,β-unsaturated/α-hetero) is 1. The molecule has 2 aliphatic heterocycles. The van der Waals surface area contributed by atoms with Gasteiger partial charge in [-0.1, -0.05) is 12.1 Å². The predicted molar refractivity (Wildman–Crippen MR) is 145 cm³/mol. The lowest BCUT2D eigenvalue weighted by molar-refractivity contribution is -0.132. The van der Waals surface area contributed by atoms with E-state index in [9.17, 15) is 14.7 Å². The van der Waals surface area contributed by atoms with Crippen LogP contribution in [-0.4, -0.2) is 50.2 Å². The van der Waals surface area contributed by atoms with Crippen LogP contribution in [0.15, 0.2) is 72.3 Å². The first-order chi connectivity index (χ1) is 18.2. The Morgan fingerprint density at radius 2 is 1.61 bits per heavy atom. The summed E-state index contributed by atoms with van der Waals surface area (Å²) in [6.07, 6.45) is -0.00344. The molecule has 3 aromatic rings. The lowest BCUT2D eigenvalue weighted by atomic mass is 9.94. The van der Waals surface area contributed by atoms with Crippen LogP contribution in [0.25, 0.3) is 5.76 Å². The number of carbonyl (C=O) groups is 2. The number of ketones is 1. The second-order valence-electron chi connectivity index (χ2n) is 9.67. The number of aliphatic hydroxyl groups excluding tert-OH is 1. The molecule has 5 rings (SSSR count). The highest BCUT2D eigenvalue weighted by atomic mass is 16.6. The van der Waals surface area contributed by atoms with E-state index in [1.165, 1.54) is 4.90 Å². The Bertz CT molecular complexity index is 1390. The van der Waals surface area contributed by atoms with E-state index in [0.29, 0.717) is 47.3 Å². The maximum Gasteiger partial charge on any atom is 0.300 e. The van der Waals surface area contributed by atoms with Gasteiger partial charge in [-0.2, -0.15) is 0 Å². The fraction of sp³-hybridized carbons (Fsp3) is 0.267. The third-order valence-corrected chi connectivity index (χ3v) is 6.47. The zero-order valence-electron chi connectivity index (χ0n) is 21.8. The van der Waals surface area contributed by atoms with E-state index in [0.717, 1.165) is 5.69 Å². The third-order valence-electron chi connectivity index (χ3n) is 6.47. The maximum absolute atomic E-state index is 13.5. The van der Waals surface area contributed by atoms with Crippen LogP contribution >= 0.6 is 0 Å². The molecule has 1 atom stereocenters. The van der Waals surface area contributed by atoms with Crippen LogP contribution in [0.1, 0.15) is 31.0 Å². The van der Waals surface area contributed by atoms with Gasteiger partial charge in [0.2, 0.25) is 0 Å². The molecule has 196 valence electrons. The summed E-state index contributed by atoms with van der Waals surface area (Å²) >= 11 is 0. The molecule has 0 aromatic heterocycles. The third kappa shape index (κ3) is 4.65. The normalized spacial score (nSPS) is 18.1. The minimum Gasteiger partial charge on any atom is -0.507 e. The summed E-state index contributed by atoms with van der Waals surface area (Å²) in [4.78, 5) is 30.3. The van der Waals surface area contributed by atoms with Crippen molar-refractivity contribution in [1.29, 1.82) is 0 Å². The number of carbonyl (C=O) groups excluding carboxylic acids is 2. The Balaban J connectivity index is 1.63. The number of nitrogens with zero attached hydrogens (tertiary/aromatic N) is 2. The second-order valence-corrected chi connectivity index (χ2v) is 9.67. The average molecular weight is 515 g/mol. The van der Waals surface area contributed by atoms with Crippen molar-refractivity contribution in [3.8, 4) is 17.2 Å². The SMILES string of the molecule is CC(C)Oc1ccc(N2C(=O)C(=O)/C(=C(\O)c3ccc4c(c3)OCCO4)C2c2ccc(N(C)C)cc2)cc1.